The summed E-state index contributed by atoms with van der Waals surface area (Å²) in [5, 5.41) is 16.7. The van der Waals surface area contributed by atoms with Gasteiger partial charge in [0, 0.05) is 37.1 Å². The number of carbonyl (C=O) groups is 2. The zero-order valence-electron chi connectivity index (χ0n) is 22.8. The van der Waals surface area contributed by atoms with E-state index in [1.807, 2.05) is 31.2 Å². The van der Waals surface area contributed by atoms with Crippen molar-refractivity contribution in [3.05, 3.63) is 75.6 Å². The van der Waals surface area contributed by atoms with Gasteiger partial charge in [0.1, 0.15) is 18.1 Å². The van der Waals surface area contributed by atoms with Gasteiger partial charge in [0.05, 0.1) is 14.6 Å². The molecule has 1 atom stereocenters. The molecule has 204 valence electrons. The van der Waals surface area contributed by atoms with E-state index in [9.17, 15) is 14.7 Å². The molecule has 1 aliphatic carbocycles. The molecule has 0 saturated heterocycles. The minimum absolute atomic E-state index is 0.0865. The van der Waals surface area contributed by atoms with Crippen LogP contribution in [0.4, 0.5) is 0 Å². The van der Waals surface area contributed by atoms with Crippen molar-refractivity contribution in [3.8, 4) is 0 Å². The van der Waals surface area contributed by atoms with Gasteiger partial charge in [0.25, 0.3) is 0 Å². The van der Waals surface area contributed by atoms with Gasteiger partial charge < -0.3 is 24.6 Å². The third-order valence-corrected chi connectivity index (χ3v) is 14.3. The Hall–Kier alpha value is -3.08. The van der Waals surface area contributed by atoms with Crippen LogP contribution in [-0.4, -0.2) is 57.0 Å². The summed E-state index contributed by atoms with van der Waals surface area (Å²) < 4.78 is 7.33. The Morgan fingerprint density at radius 3 is 2.85 bits per heavy atom. The van der Waals surface area contributed by atoms with Crippen LogP contribution in [0.15, 0.2) is 64.1 Å². The van der Waals surface area contributed by atoms with Crippen molar-refractivity contribution >= 4 is 37.7 Å². The topological polar surface area (TPSA) is 96.7 Å². The van der Waals surface area contributed by atoms with Crippen LogP contribution in [0.1, 0.15) is 36.5 Å². The molecule has 4 heterocycles. The average Bonchev–Trinajstić information content (AvgIpc) is 3.49. The smallest absolute Gasteiger partial charge is 0.342 e. The standard InChI is InChI=1S/C29H34N4O4SSi/c1-5-29(36)22-14-23-25(26(34)21(22)16-37-27(29)35)33-15-20-18(7-6-8-19(20)13-24(33)31-23)9-12-39(3,4)17-38-28-30-10-11-32(28)2/h6-8,10-11,13,31,36H,5,9,12,14-17H2,1-4H3/t29-/m0/s1. The first-order valence-corrected chi connectivity index (χ1v) is 17.9. The number of allylic oxidation sites excluding steroid dienone is 2. The van der Waals surface area contributed by atoms with Crippen LogP contribution in [0.25, 0.3) is 6.08 Å². The molecule has 2 N–H and O–H groups in total. The van der Waals surface area contributed by atoms with Crippen LogP contribution in [0.3, 0.4) is 0 Å². The van der Waals surface area contributed by atoms with E-state index < -0.39 is 19.6 Å². The van der Waals surface area contributed by atoms with Gasteiger partial charge in [0.2, 0.25) is 5.78 Å². The van der Waals surface area contributed by atoms with E-state index in [0.29, 0.717) is 29.8 Å². The highest BCUT2D eigenvalue weighted by molar-refractivity contribution is 8.00. The Kier molecular flexibility index (Phi) is 6.39. The fourth-order valence-corrected chi connectivity index (χ4v) is 9.90. The average molecular weight is 563 g/mol. The first-order valence-electron chi connectivity index (χ1n) is 13.5. The summed E-state index contributed by atoms with van der Waals surface area (Å²) in [5.74, 6) is 0.0333. The maximum Gasteiger partial charge on any atom is 0.342 e. The van der Waals surface area contributed by atoms with Crippen molar-refractivity contribution in [1.82, 2.24) is 19.8 Å². The molecule has 6 rings (SSSR count). The third-order valence-electron chi connectivity index (χ3n) is 8.39. The summed E-state index contributed by atoms with van der Waals surface area (Å²) in [6, 6.07) is 7.64. The number of ether oxygens (including phenoxy) is 1. The summed E-state index contributed by atoms with van der Waals surface area (Å²) in [5.41, 5.74) is 4.26. The second kappa shape index (κ2) is 9.53. The lowest BCUT2D eigenvalue weighted by Gasteiger charge is -2.36. The number of fused-ring (bicyclic) bond motifs is 3. The van der Waals surface area contributed by atoms with Gasteiger partial charge in [-0.15, -0.1) is 0 Å². The van der Waals surface area contributed by atoms with Gasteiger partial charge in [-0.05, 0) is 46.6 Å². The Labute approximate surface area is 233 Å². The summed E-state index contributed by atoms with van der Waals surface area (Å²) in [6.45, 7) is 7.14. The van der Waals surface area contributed by atoms with Crippen LogP contribution in [0.2, 0.25) is 19.1 Å². The van der Waals surface area contributed by atoms with Crippen molar-refractivity contribution in [2.24, 2.45) is 7.05 Å². The number of aliphatic hydroxyl groups is 1. The zero-order valence-corrected chi connectivity index (χ0v) is 24.7. The molecular weight excluding hydrogens is 528 g/mol. The molecule has 0 saturated carbocycles. The Balaban J connectivity index is 1.21. The summed E-state index contributed by atoms with van der Waals surface area (Å²) in [7, 11) is 0.552. The number of hydrogen-bond donors (Lipinski definition) is 2. The van der Waals surface area contributed by atoms with Gasteiger partial charge in [-0.2, -0.15) is 0 Å². The number of nitrogens with one attached hydrogen (secondary N) is 1. The quantitative estimate of drug-likeness (QED) is 0.298. The summed E-state index contributed by atoms with van der Waals surface area (Å²) in [4.78, 5) is 32.7. The molecule has 10 heteroatoms. The molecule has 0 fully saturated rings. The fourth-order valence-electron chi connectivity index (χ4n) is 5.90. The normalized spacial score (nSPS) is 22.2. The van der Waals surface area contributed by atoms with Gasteiger partial charge >= 0.3 is 5.97 Å². The van der Waals surface area contributed by atoms with E-state index in [1.165, 1.54) is 22.7 Å². The van der Waals surface area contributed by atoms with E-state index >= 15 is 0 Å². The van der Waals surface area contributed by atoms with Crippen molar-refractivity contribution in [2.75, 3.05) is 12.0 Å². The largest absolute Gasteiger partial charge is 0.458 e. The van der Waals surface area contributed by atoms with Gasteiger partial charge in [-0.25, -0.2) is 9.78 Å². The van der Waals surface area contributed by atoms with Crippen molar-refractivity contribution < 1.29 is 19.4 Å². The zero-order chi connectivity index (χ0) is 27.5. The van der Waals surface area contributed by atoms with E-state index in [0.717, 1.165) is 28.5 Å². The number of imidazole rings is 1. The lowest BCUT2D eigenvalue weighted by Crippen LogP contribution is -2.48. The Morgan fingerprint density at radius 2 is 2.10 bits per heavy atom. The minimum Gasteiger partial charge on any atom is -0.458 e. The maximum atomic E-state index is 13.7. The highest BCUT2D eigenvalue weighted by Gasteiger charge is 2.51. The number of cyclic esters (lactones) is 1. The minimum atomic E-state index is -1.75. The van der Waals surface area contributed by atoms with Crippen LogP contribution in [-0.2, 0) is 34.3 Å². The van der Waals surface area contributed by atoms with Crippen LogP contribution >= 0.6 is 11.8 Å². The fraction of sp³-hybridized carbons (Fsp3) is 0.414. The Morgan fingerprint density at radius 1 is 1.28 bits per heavy atom. The van der Waals surface area contributed by atoms with E-state index in [1.54, 1.807) is 6.92 Å². The van der Waals surface area contributed by atoms with E-state index in [4.69, 9.17) is 4.74 Å². The number of esters is 1. The first kappa shape index (κ1) is 26.2. The molecular formula is C29H34N4O4SSi. The van der Waals surface area contributed by atoms with E-state index in [-0.39, 0.29) is 18.8 Å². The van der Waals surface area contributed by atoms with Crippen LogP contribution in [0, 0.1) is 0 Å². The molecule has 4 aliphatic rings. The summed E-state index contributed by atoms with van der Waals surface area (Å²) >= 11 is 1.85. The number of benzene rings is 1. The highest BCUT2D eigenvalue weighted by Crippen LogP contribution is 2.44. The Bertz CT molecular complexity index is 1490. The molecule has 0 radical (unpaired) electrons. The maximum absolute atomic E-state index is 13.7. The molecule has 0 amide bonds. The van der Waals surface area contributed by atoms with Crippen molar-refractivity contribution in [3.63, 3.8) is 0 Å². The predicted molar refractivity (Wildman–Crippen MR) is 153 cm³/mol. The predicted octanol–water partition coefficient (Wildman–Crippen LogP) is 3.90. The number of aromatic nitrogens is 2. The number of ketones is 1. The molecule has 1 aromatic heterocycles. The van der Waals surface area contributed by atoms with Gasteiger partial charge in [-0.1, -0.05) is 56.0 Å². The number of carbonyl (C=O) groups excluding carboxylic acids is 2. The van der Waals surface area contributed by atoms with Gasteiger partial charge in [-0.3, -0.25) is 4.79 Å². The molecule has 0 unspecified atom stereocenters. The molecule has 8 nitrogen and oxygen atoms in total. The molecule has 39 heavy (non-hydrogen) atoms. The number of rotatable bonds is 7. The second-order valence-corrected chi connectivity index (χ2v) is 18.2. The van der Waals surface area contributed by atoms with Crippen LogP contribution in [0.5, 0.6) is 0 Å². The molecule has 0 spiro atoms. The SMILES string of the molecule is CC[C@@]1(O)C(=O)OCC2=C1CC1=C(C2=O)N2Cc3c(cccc3CC[Si](C)(C)CSc3nccn3C)C=C2N1. The number of nitrogens with zero attached hydrogens (tertiary/aromatic N) is 3. The number of aryl methyl sites for hydroxylation is 2. The lowest BCUT2D eigenvalue weighted by atomic mass is 9.78. The molecule has 3 aliphatic heterocycles. The number of thioether (sulfide) groups is 1. The van der Waals surface area contributed by atoms with Crippen molar-refractivity contribution in [1.29, 1.82) is 0 Å². The molecule has 2 aromatic rings. The second-order valence-electron chi connectivity index (χ2n) is 11.6. The lowest BCUT2D eigenvalue weighted by molar-refractivity contribution is -0.163. The number of hydrogen-bond acceptors (Lipinski definition) is 8. The number of Topliss-reactive ketones (excluding diaryl/α,β-unsaturated/α-hetero) is 1. The van der Waals surface area contributed by atoms with Gasteiger partial charge in [0.15, 0.2) is 10.8 Å². The van der Waals surface area contributed by atoms with Crippen molar-refractivity contribution in [2.45, 2.75) is 62.6 Å². The van der Waals surface area contributed by atoms with Crippen LogP contribution < -0.4 is 5.32 Å². The van der Waals surface area contributed by atoms with E-state index in [2.05, 4.69) is 57.1 Å². The molecule has 0 bridgehead atoms. The monoisotopic (exact) mass is 562 g/mol. The molecule has 1 aromatic carbocycles. The first-order chi connectivity index (χ1) is 18.6. The third kappa shape index (κ3) is 4.38. The highest BCUT2D eigenvalue weighted by atomic mass is 32.2. The summed E-state index contributed by atoms with van der Waals surface area (Å²) in [6.07, 6.45) is 7.45.